The van der Waals surface area contributed by atoms with Crippen molar-refractivity contribution in [2.45, 2.75) is 58.9 Å². The quantitative estimate of drug-likeness (QED) is 0.362. The van der Waals surface area contributed by atoms with E-state index in [-0.39, 0.29) is 16.9 Å². The zero-order valence-corrected chi connectivity index (χ0v) is 21.0. The van der Waals surface area contributed by atoms with Gasteiger partial charge in [-0.2, -0.15) is 0 Å². The summed E-state index contributed by atoms with van der Waals surface area (Å²) >= 11 is 0. The number of amides is 2. The number of anilines is 2. The van der Waals surface area contributed by atoms with E-state index in [1.54, 1.807) is 6.08 Å². The van der Waals surface area contributed by atoms with Crippen LogP contribution >= 0.6 is 0 Å². The molecule has 1 heterocycles. The van der Waals surface area contributed by atoms with Crippen molar-refractivity contribution in [3.05, 3.63) is 71.8 Å². The third-order valence-electron chi connectivity index (χ3n) is 5.40. The van der Waals surface area contributed by atoms with Crippen molar-refractivity contribution in [1.29, 1.82) is 0 Å². The molecule has 7 heteroatoms. The van der Waals surface area contributed by atoms with Crippen molar-refractivity contribution < 1.29 is 9.21 Å². The number of hydrogen-bond donors (Lipinski definition) is 3. The van der Waals surface area contributed by atoms with Crippen LogP contribution in [0.5, 0.6) is 0 Å². The van der Waals surface area contributed by atoms with Crippen LogP contribution in [0.3, 0.4) is 0 Å². The monoisotopic (exact) mass is 461 g/mol. The highest BCUT2D eigenvalue weighted by Gasteiger charge is 2.22. The predicted molar refractivity (Wildman–Crippen MR) is 138 cm³/mol. The van der Waals surface area contributed by atoms with Crippen LogP contribution in [0.4, 0.5) is 16.5 Å². The van der Waals surface area contributed by atoms with Gasteiger partial charge < -0.3 is 20.4 Å². The molecule has 0 atom stereocenters. The molecule has 0 saturated heterocycles. The number of aromatic nitrogens is 2. The van der Waals surface area contributed by atoms with Gasteiger partial charge in [-0.1, -0.05) is 70.9 Å². The summed E-state index contributed by atoms with van der Waals surface area (Å²) in [6.45, 7) is 17.7. The smallest absolute Gasteiger partial charge is 0.319 e. The van der Waals surface area contributed by atoms with Crippen LogP contribution in [0.2, 0.25) is 0 Å². The van der Waals surface area contributed by atoms with Crippen LogP contribution in [-0.4, -0.2) is 22.8 Å². The molecular formula is C27H35N5O2. The standard InChI is InChI=1S/C27H35N5O2/c1-8-13-28-24(33)30-22-11-9-18(10-12-22)17-29-25-32-31-23(34-25)19-14-20(26(2,3)4)16-21(15-19)27(5,6)7/h8-12,14-16H,1,13,17H2,2-7H3,(H,29,32)(H2,28,30,33). The number of benzene rings is 2. The van der Waals surface area contributed by atoms with Crippen molar-refractivity contribution in [2.24, 2.45) is 0 Å². The van der Waals surface area contributed by atoms with Gasteiger partial charge in [0, 0.05) is 24.3 Å². The van der Waals surface area contributed by atoms with Crippen LogP contribution in [0.1, 0.15) is 58.2 Å². The molecule has 0 fully saturated rings. The fourth-order valence-corrected chi connectivity index (χ4v) is 3.25. The number of hydrogen-bond acceptors (Lipinski definition) is 5. The first-order valence-corrected chi connectivity index (χ1v) is 11.4. The highest BCUT2D eigenvalue weighted by atomic mass is 16.4. The van der Waals surface area contributed by atoms with E-state index in [9.17, 15) is 4.79 Å². The topological polar surface area (TPSA) is 92.1 Å². The number of carbonyl (C=O) groups is 1. The van der Waals surface area contributed by atoms with E-state index in [4.69, 9.17) is 4.42 Å². The fourth-order valence-electron chi connectivity index (χ4n) is 3.25. The number of nitrogens with zero attached hydrogens (tertiary/aromatic N) is 2. The van der Waals surface area contributed by atoms with Gasteiger partial charge >= 0.3 is 12.0 Å². The zero-order valence-electron chi connectivity index (χ0n) is 21.0. The van der Waals surface area contributed by atoms with E-state index in [0.717, 1.165) is 11.1 Å². The minimum Gasteiger partial charge on any atom is -0.403 e. The summed E-state index contributed by atoms with van der Waals surface area (Å²) in [4.78, 5) is 11.7. The molecule has 0 aliphatic rings. The Morgan fingerprint density at radius 3 is 2.15 bits per heavy atom. The molecule has 180 valence electrons. The zero-order chi connectivity index (χ0) is 24.9. The SMILES string of the molecule is C=CCNC(=O)Nc1ccc(CNc2nnc(-c3cc(C(C)(C)C)cc(C(C)(C)C)c3)o2)cc1. The van der Waals surface area contributed by atoms with Gasteiger partial charge in [-0.3, -0.25) is 0 Å². The maximum absolute atomic E-state index is 11.7. The lowest BCUT2D eigenvalue weighted by Gasteiger charge is -2.25. The van der Waals surface area contributed by atoms with Crippen molar-refractivity contribution >= 4 is 17.7 Å². The lowest BCUT2D eigenvalue weighted by molar-refractivity contribution is 0.253. The molecule has 7 nitrogen and oxygen atoms in total. The van der Waals surface area contributed by atoms with Gasteiger partial charge in [-0.05, 0) is 51.8 Å². The van der Waals surface area contributed by atoms with Crippen molar-refractivity contribution in [3.63, 3.8) is 0 Å². The molecule has 2 aromatic carbocycles. The summed E-state index contributed by atoms with van der Waals surface area (Å²) in [6, 6.07) is 14.2. The van der Waals surface area contributed by atoms with Gasteiger partial charge in [-0.15, -0.1) is 11.7 Å². The first-order valence-electron chi connectivity index (χ1n) is 11.4. The molecule has 0 spiro atoms. The van der Waals surface area contributed by atoms with E-state index >= 15 is 0 Å². The maximum atomic E-state index is 11.7. The van der Waals surface area contributed by atoms with Gasteiger partial charge in [0.05, 0.1) is 0 Å². The Kier molecular flexibility index (Phi) is 7.44. The number of urea groups is 1. The normalized spacial score (nSPS) is 11.7. The van der Waals surface area contributed by atoms with Gasteiger partial charge in [0.2, 0.25) is 5.89 Å². The minimum atomic E-state index is -0.269. The Labute approximate surface area is 202 Å². The van der Waals surface area contributed by atoms with E-state index in [1.807, 2.05) is 24.3 Å². The summed E-state index contributed by atoms with van der Waals surface area (Å²) < 4.78 is 5.93. The van der Waals surface area contributed by atoms with Crippen LogP contribution in [0, 0.1) is 0 Å². The summed E-state index contributed by atoms with van der Waals surface area (Å²) in [5.74, 6) is 0.490. The van der Waals surface area contributed by atoms with Crippen LogP contribution < -0.4 is 16.0 Å². The van der Waals surface area contributed by atoms with Gasteiger partial charge in [0.25, 0.3) is 0 Å². The second kappa shape index (κ2) is 10.1. The fraction of sp³-hybridized carbons (Fsp3) is 0.370. The first kappa shape index (κ1) is 25.0. The summed E-state index contributed by atoms with van der Waals surface area (Å²) in [5, 5.41) is 17.1. The molecule has 1 aromatic heterocycles. The molecule has 0 bridgehead atoms. The number of rotatable bonds is 7. The van der Waals surface area contributed by atoms with E-state index in [1.165, 1.54) is 11.1 Å². The first-order chi connectivity index (χ1) is 16.0. The van der Waals surface area contributed by atoms with E-state index in [0.29, 0.717) is 30.7 Å². The highest BCUT2D eigenvalue weighted by Crippen LogP contribution is 2.33. The molecule has 3 rings (SSSR count). The average Bonchev–Trinajstić information content (AvgIpc) is 3.25. The molecule has 0 radical (unpaired) electrons. The van der Waals surface area contributed by atoms with Gasteiger partial charge in [0.1, 0.15) is 0 Å². The Morgan fingerprint density at radius 1 is 0.971 bits per heavy atom. The molecule has 3 N–H and O–H groups in total. The molecule has 34 heavy (non-hydrogen) atoms. The van der Waals surface area contributed by atoms with Crippen LogP contribution in [-0.2, 0) is 17.4 Å². The van der Waals surface area contributed by atoms with Crippen LogP contribution in [0.15, 0.2) is 59.5 Å². The summed E-state index contributed by atoms with van der Waals surface area (Å²) in [6.07, 6.45) is 1.63. The van der Waals surface area contributed by atoms with Crippen molar-refractivity contribution in [3.8, 4) is 11.5 Å². The summed E-state index contributed by atoms with van der Waals surface area (Å²) in [5.41, 5.74) is 5.11. The van der Waals surface area contributed by atoms with Gasteiger partial charge in [0.15, 0.2) is 0 Å². The highest BCUT2D eigenvalue weighted by molar-refractivity contribution is 5.89. The Morgan fingerprint density at radius 2 is 1.59 bits per heavy atom. The molecule has 3 aromatic rings. The predicted octanol–water partition coefficient (Wildman–Crippen LogP) is 6.25. The van der Waals surface area contributed by atoms with Crippen molar-refractivity contribution in [1.82, 2.24) is 15.5 Å². The Bertz CT molecular complexity index is 1100. The molecule has 0 unspecified atom stereocenters. The second-order valence-corrected chi connectivity index (χ2v) is 10.4. The maximum Gasteiger partial charge on any atom is 0.319 e. The lowest BCUT2D eigenvalue weighted by Crippen LogP contribution is -2.28. The van der Waals surface area contributed by atoms with E-state index < -0.39 is 0 Å². The third-order valence-corrected chi connectivity index (χ3v) is 5.40. The molecule has 0 aliphatic carbocycles. The largest absolute Gasteiger partial charge is 0.403 e. The molecule has 0 saturated carbocycles. The average molecular weight is 462 g/mol. The third kappa shape index (κ3) is 6.70. The van der Waals surface area contributed by atoms with Gasteiger partial charge in [-0.25, -0.2) is 4.79 Å². The van der Waals surface area contributed by atoms with Crippen molar-refractivity contribution in [2.75, 3.05) is 17.2 Å². The van der Waals surface area contributed by atoms with E-state index in [2.05, 4.69) is 92.5 Å². The number of carbonyl (C=O) groups excluding carboxylic acids is 1. The Balaban J connectivity index is 1.69. The second-order valence-electron chi connectivity index (χ2n) is 10.4. The summed E-state index contributed by atoms with van der Waals surface area (Å²) in [7, 11) is 0. The minimum absolute atomic E-state index is 0.00442. The lowest BCUT2D eigenvalue weighted by atomic mass is 9.79. The number of nitrogens with one attached hydrogen (secondary N) is 3. The molecule has 0 aliphatic heterocycles. The Hall–Kier alpha value is -3.61. The van der Waals surface area contributed by atoms with Crippen LogP contribution in [0.25, 0.3) is 11.5 Å². The molecule has 2 amide bonds. The molecular weight excluding hydrogens is 426 g/mol.